The van der Waals surface area contributed by atoms with Crippen LogP contribution in [0, 0.1) is 0 Å². The molecule has 0 saturated carbocycles. The molecule has 1 unspecified atom stereocenters. The molecule has 2 aromatic heterocycles. The molecule has 2 aliphatic rings. The minimum Gasteiger partial charge on any atom is -0.387 e. The number of hydrogen-bond acceptors (Lipinski definition) is 9. The fourth-order valence-corrected chi connectivity index (χ4v) is 4.35. The molecule has 2 fully saturated rings. The summed E-state index contributed by atoms with van der Waals surface area (Å²) in [5, 5.41) is 10.2. The van der Waals surface area contributed by atoms with E-state index in [9.17, 15) is 19.0 Å². The fraction of sp³-hybridized carbons (Fsp3) is 0.643. The first-order valence-electron chi connectivity index (χ1n) is 8.59. The zero-order valence-corrected chi connectivity index (χ0v) is 15.6. The zero-order chi connectivity index (χ0) is 19.9. The lowest BCUT2D eigenvalue weighted by Gasteiger charge is -2.30. The highest BCUT2D eigenvalue weighted by atomic mass is 31.2. The number of nitrogen functional groups attached to an aromatic ring is 1. The Kier molecular flexibility index (Phi) is 5.31. The molecule has 2 aromatic rings. The van der Waals surface area contributed by atoms with Crippen molar-refractivity contribution in [2.75, 3.05) is 38.6 Å². The number of morpholine rings is 1. The Morgan fingerprint density at radius 1 is 1.36 bits per heavy atom. The highest BCUT2D eigenvalue weighted by Gasteiger charge is 2.47. The highest BCUT2D eigenvalue weighted by molar-refractivity contribution is 7.50. The van der Waals surface area contributed by atoms with Crippen LogP contribution in [0.25, 0.3) is 11.2 Å². The van der Waals surface area contributed by atoms with E-state index in [2.05, 4.69) is 15.0 Å². The van der Waals surface area contributed by atoms with Crippen molar-refractivity contribution in [2.45, 2.75) is 24.6 Å². The predicted octanol–water partition coefficient (Wildman–Crippen LogP) is -0.546. The summed E-state index contributed by atoms with van der Waals surface area (Å²) in [4.78, 5) is 22.0. The molecule has 12 nitrogen and oxygen atoms in total. The Balaban J connectivity index is 1.47. The summed E-state index contributed by atoms with van der Waals surface area (Å²) in [5.41, 5.74) is 6.24. The van der Waals surface area contributed by atoms with Crippen LogP contribution in [0.1, 0.15) is 6.23 Å². The van der Waals surface area contributed by atoms with Crippen LogP contribution in [0.2, 0.25) is 0 Å². The van der Waals surface area contributed by atoms with Gasteiger partial charge in [-0.1, -0.05) is 0 Å². The monoisotopic (exact) mass is 418 g/mol. The van der Waals surface area contributed by atoms with Crippen LogP contribution in [0.5, 0.6) is 0 Å². The maximum absolute atomic E-state index is 14.7. The molecule has 0 radical (unpaired) electrons. The molecule has 154 valence electrons. The van der Waals surface area contributed by atoms with Gasteiger partial charge in [-0.15, -0.1) is 0 Å². The first-order valence-corrected chi connectivity index (χ1v) is 10.1. The Morgan fingerprint density at radius 2 is 2.11 bits per heavy atom. The second-order valence-corrected chi connectivity index (χ2v) is 8.24. The average molecular weight is 418 g/mol. The molecule has 0 spiro atoms. The predicted molar refractivity (Wildman–Crippen MR) is 92.7 cm³/mol. The maximum atomic E-state index is 14.7. The summed E-state index contributed by atoms with van der Waals surface area (Å²) in [7, 11) is -4.11. The van der Waals surface area contributed by atoms with Crippen molar-refractivity contribution in [2.24, 2.45) is 0 Å². The van der Waals surface area contributed by atoms with Gasteiger partial charge in [0.25, 0.3) is 0 Å². The van der Waals surface area contributed by atoms with Gasteiger partial charge in [-0.3, -0.25) is 9.09 Å². The number of anilines is 1. The number of rotatable bonds is 5. The third kappa shape index (κ3) is 3.50. The minimum absolute atomic E-state index is 0.129. The van der Waals surface area contributed by atoms with Crippen molar-refractivity contribution in [1.82, 2.24) is 24.2 Å². The van der Waals surface area contributed by atoms with Gasteiger partial charge in [0.05, 0.1) is 26.1 Å². The lowest BCUT2D eigenvalue weighted by molar-refractivity contribution is -0.0456. The van der Waals surface area contributed by atoms with E-state index in [-0.39, 0.29) is 30.1 Å². The number of aliphatic hydroxyl groups excluding tert-OH is 1. The minimum atomic E-state index is -4.11. The summed E-state index contributed by atoms with van der Waals surface area (Å²) < 4.78 is 45.4. The molecular weight excluding hydrogens is 398 g/mol. The number of aromatic nitrogens is 4. The Bertz CT molecular complexity index is 894. The van der Waals surface area contributed by atoms with Gasteiger partial charge in [-0.2, -0.15) is 0 Å². The van der Waals surface area contributed by atoms with Gasteiger partial charge in [0.2, 0.25) is 0 Å². The van der Waals surface area contributed by atoms with Crippen molar-refractivity contribution in [3.63, 3.8) is 0 Å². The number of alkyl halides is 1. The molecule has 2 aliphatic heterocycles. The average Bonchev–Trinajstić information content (AvgIpc) is 3.24. The van der Waals surface area contributed by atoms with E-state index in [0.717, 1.165) is 0 Å². The topological polar surface area (TPSA) is 158 Å². The van der Waals surface area contributed by atoms with E-state index >= 15 is 0 Å². The molecular formula is C14H20FN6O6P. The molecule has 0 aliphatic carbocycles. The maximum Gasteiger partial charge on any atom is 0.405 e. The Morgan fingerprint density at radius 3 is 2.86 bits per heavy atom. The van der Waals surface area contributed by atoms with E-state index in [1.807, 2.05) is 0 Å². The van der Waals surface area contributed by atoms with Gasteiger partial charge in [-0.25, -0.2) is 28.6 Å². The van der Waals surface area contributed by atoms with Crippen LogP contribution in [-0.2, 0) is 18.6 Å². The van der Waals surface area contributed by atoms with Gasteiger partial charge in [-0.05, 0) is 0 Å². The number of halogens is 1. The summed E-state index contributed by atoms with van der Waals surface area (Å²) >= 11 is 0. The number of nitrogens with two attached hydrogens (primary N) is 1. The third-order valence-electron chi connectivity index (χ3n) is 4.71. The number of imidazole rings is 1. The second-order valence-electron chi connectivity index (χ2n) is 6.44. The van der Waals surface area contributed by atoms with E-state index in [1.165, 1.54) is 21.9 Å². The standard InChI is InChI=1S/C14H20FN6O6P/c15-9-11(22)8(5-26-28(23,24)20-1-3-25-4-2-20)27-14(9)21-7-19-10-12(16)17-6-18-13(10)21/h6-9,11,14,22H,1-5H2,(H,23,24)(H2,16,17,18)/t8-,9-,11-,14-/m1/s1. The number of aliphatic hydroxyl groups is 1. The number of hydrogen-bond donors (Lipinski definition) is 3. The molecule has 4 N–H and O–H groups in total. The van der Waals surface area contributed by atoms with Gasteiger partial charge in [0.15, 0.2) is 23.9 Å². The van der Waals surface area contributed by atoms with Gasteiger partial charge in [0.1, 0.15) is 24.1 Å². The quantitative estimate of drug-likeness (QED) is 0.535. The van der Waals surface area contributed by atoms with Crippen molar-refractivity contribution >= 4 is 24.7 Å². The third-order valence-corrected chi connectivity index (χ3v) is 6.31. The molecule has 2 saturated heterocycles. The largest absolute Gasteiger partial charge is 0.405 e. The number of nitrogens with zero attached hydrogens (tertiary/aromatic N) is 5. The van der Waals surface area contributed by atoms with Crippen LogP contribution in [-0.4, -0.2) is 85.5 Å². The molecule has 14 heteroatoms. The van der Waals surface area contributed by atoms with E-state index in [1.54, 1.807) is 0 Å². The molecule has 28 heavy (non-hydrogen) atoms. The van der Waals surface area contributed by atoms with Crippen molar-refractivity contribution in [3.05, 3.63) is 12.7 Å². The van der Waals surface area contributed by atoms with Crippen LogP contribution in [0.3, 0.4) is 0 Å². The lowest BCUT2D eigenvalue weighted by atomic mass is 10.1. The summed E-state index contributed by atoms with van der Waals surface area (Å²) in [6.07, 6.45) is -3.30. The molecule has 4 rings (SSSR count). The van der Waals surface area contributed by atoms with E-state index in [4.69, 9.17) is 19.7 Å². The number of fused-ring (bicyclic) bond motifs is 1. The summed E-state index contributed by atoms with van der Waals surface area (Å²) in [6, 6.07) is 0. The van der Waals surface area contributed by atoms with Crippen LogP contribution < -0.4 is 5.73 Å². The molecule has 0 amide bonds. The summed E-state index contributed by atoms with van der Waals surface area (Å²) in [6.45, 7) is 0.622. The molecule has 4 heterocycles. The van der Waals surface area contributed by atoms with Gasteiger partial charge in [0, 0.05) is 13.1 Å². The first-order chi connectivity index (χ1) is 13.4. The van der Waals surface area contributed by atoms with E-state index in [0.29, 0.717) is 13.2 Å². The smallest absolute Gasteiger partial charge is 0.387 e. The summed E-state index contributed by atoms with van der Waals surface area (Å²) in [5.74, 6) is 0.129. The zero-order valence-electron chi connectivity index (χ0n) is 14.7. The molecule has 0 aromatic carbocycles. The number of ether oxygens (including phenoxy) is 2. The normalized spacial score (nSPS) is 31.2. The van der Waals surface area contributed by atoms with Gasteiger partial charge >= 0.3 is 7.75 Å². The van der Waals surface area contributed by atoms with Crippen LogP contribution in [0.15, 0.2) is 12.7 Å². The first kappa shape index (κ1) is 19.6. The Hall–Kier alpha value is -1.73. The van der Waals surface area contributed by atoms with Crippen LogP contribution >= 0.6 is 7.75 Å². The van der Waals surface area contributed by atoms with Crippen molar-refractivity contribution in [3.8, 4) is 0 Å². The van der Waals surface area contributed by atoms with Crippen molar-refractivity contribution < 1.29 is 33.0 Å². The SMILES string of the molecule is Nc1ncnc2c1ncn2[C@@H]1O[C@H](COP(=O)(O)N2CCOCC2)[C@@H](O)[C@H]1F. The van der Waals surface area contributed by atoms with Gasteiger partial charge < -0.3 is 25.2 Å². The van der Waals surface area contributed by atoms with Crippen LogP contribution in [0.4, 0.5) is 10.2 Å². The highest BCUT2D eigenvalue weighted by Crippen LogP contribution is 2.47. The second kappa shape index (κ2) is 7.59. The van der Waals surface area contributed by atoms with E-state index < -0.39 is 39.0 Å². The lowest BCUT2D eigenvalue weighted by Crippen LogP contribution is -2.36. The molecule has 0 bridgehead atoms. The Labute approximate surface area is 158 Å². The fourth-order valence-electron chi connectivity index (χ4n) is 3.18. The molecule has 5 atom stereocenters. The van der Waals surface area contributed by atoms with Crippen molar-refractivity contribution in [1.29, 1.82) is 0 Å².